The van der Waals surface area contributed by atoms with Crippen molar-refractivity contribution >= 4 is 5.91 Å². The Bertz CT molecular complexity index is 901. The van der Waals surface area contributed by atoms with Gasteiger partial charge in [-0.05, 0) is 55.4 Å². The van der Waals surface area contributed by atoms with Gasteiger partial charge in [0.05, 0.1) is 6.61 Å². The van der Waals surface area contributed by atoms with Gasteiger partial charge in [-0.2, -0.15) is 0 Å². The first-order valence-corrected chi connectivity index (χ1v) is 9.34. The van der Waals surface area contributed by atoms with Gasteiger partial charge in [0.2, 0.25) is 0 Å². The summed E-state index contributed by atoms with van der Waals surface area (Å²) in [5.41, 5.74) is 3.44. The molecule has 2 aromatic rings. The summed E-state index contributed by atoms with van der Waals surface area (Å²) in [6.07, 6.45) is 4.96. The largest absolute Gasteiger partial charge is 0.493 e. The van der Waals surface area contributed by atoms with Gasteiger partial charge in [-0.3, -0.25) is 9.59 Å². The van der Waals surface area contributed by atoms with Crippen LogP contribution in [0.5, 0.6) is 5.75 Å². The highest BCUT2D eigenvalue weighted by molar-refractivity contribution is 5.94. The number of pyridine rings is 1. The smallest absolute Gasteiger partial charge is 0.263 e. The fourth-order valence-corrected chi connectivity index (χ4v) is 4.01. The molecule has 0 bridgehead atoms. The van der Waals surface area contributed by atoms with Gasteiger partial charge in [0.1, 0.15) is 11.3 Å². The predicted octanol–water partition coefficient (Wildman–Crippen LogP) is 2.25. The third kappa shape index (κ3) is 3.14. The number of para-hydroxylation sites is 1. The molecule has 0 radical (unpaired) electrons. The van der Waals surface area contributed by atoms with Gasteiger partial charge < -0.3 is 14.6 Å². The maximum absolute atomic E-state index is 12.6. The van der Waals surface area contributed by atoms with Crippen LogP contribution in [-0.4, -0.2) is 23.6 Å². The van der Waals surface area contributed by atoms with Gasteiger partial charge >= 0.3 is 0 Å². The summed E-state index contributed by atoms with van der Waals surface area (Å²) in [4.78, 5) is 25.2. The normalized spacial score (nSPS) is 18.4. The van der Waals surface area contributed by atoms with Crippen LogP contribution in [0.15, 0.2) is 35.1 Å². The van der Waals surface area contributed by atoms with Crippen molar-refractivity contribution < 1.29 is 9.53 Å². The molecule has 1 atom stereocenters. The zero-order valence-electron chi connectivity index (χ0n) is 15.1. The van der Waals surface area contributed by atoms with Crippen molar-refractivity contribution in [3.63, 3.8) is 0 Å². The van der Waals surface area contributed by atoms with Crippen molar-refractivity contribution in [1.82, 2.24) is 9.88 Å². The summed E-state index contributed by atoms with van der Waals surface area (Å²) in [7, 11) is 1.77. The number of nitrogens with zero attached hydrogens (tertiary/aromatic N) is 1. The highest BCUT2D eigenvalue weighted by Crippen LogP contribution is 2.26. The molecule has 1 unspecified atom stereocenters. The number of hydrogen-bond acceptors (Lipinski definition) is 3. The lowest BCUT2D eigenvalue weighted by atomic mass is 9.94. The Morgan fingerprint density at radius 1 is 1.23 bits per heavy atom. The number of hydrogen-bond donors (Lipinski definition) is 1. The summed E-state index contributed by atoms with van der Waals surface area (Å²) in [5.74, 6) is 0.867. The molecule has 5 heteroatoms. The van der Waals surface area contributed by atoms with E-state index >= 15 is 0 Å². The minimum absolute atomic E-state index is 0.201. The van der Waals surface area contributed by atoms with Gasteiger partial charge in [0.25, 0.3) is 11.5 Å². The fourth-order valence-electron chi connectivity index (χ4n) is 4.01. The number of rotatable bonds is 3. The first-order chi connectivity index (χ1) is 12.6. The zero-order chi connectivity index (χ0) is 18.1. The number of carbonyl (C=O) groups is 1. The summed E-state index contributed by atoms with van der Waals surface area (Å²) in [5, 5.41) is 2.94. The molecule has 2 heterocycles. The number of ether oxygens (including phenoxy) is 1. The van der Waals surface area contributed by atoms with E-state index in [1.165, 1.54) is 5.56 Å². The van der Waals surface area contributed by atoms with E-state index in [-0.39, 0.29) is 22.9 Å². The van der Waals surface area contributed by atoms with Crippen LogP contribution >= 0.6 is 0 Å². The Morgan fingerprint density at radius 3 is 2.92 bits per heavy atom. The lowest BCUT2D eigenvalue weighted by molar-refractivity contribution is 0.0936. The van der Waals surface area contributed by atoms with Crippen LogP contribution in [0.1, 0.15) is 40.0 Å². The molecule has 26 heavy (non-hydrogen) atoms. The topological polar surface area (TPSA) is 60.3 Å². The van der Waals surface area contributed by atoms with Gasteiger partial charge in [-0.15, -0.1) is 0 Å². The number of aromatic nitrogens is 1. The van der Waals surface area contributed by atoms with Crippen LogP contribution in [0, 0.1) is 5.92 Å². The number of benzene rings is 1. The molecule has 1 aliphatic carbocycles. The monoisotopic (exact) mass is 352 g/mol. The Balaban J connectivity index is 1.46. The number of carbonyl (C=O) groups excluding carboxylic acids is 1. The van der Waals surface area contributed by atoms with Crippen LogP contribution < -0.4 is 15.6 Å². The summed E-state index contributed by atoms with van der Waals surface area (Å²) in [6.45, 7) is 1.09. The molecule has 1 aromatic heterocycles. The Hall–Kier alpha value is -2.56. The zero-order valence-corrected chi connectivity index (χ0v) is 15.1. The van der Waals surface area contributed by atoms with Gasteiger partial charge in [0, 0.05) is 25.2 Å². The Morgan fingerprint density at radius 2 is 2.04 bits per heavy atom. The second-order valence-corrected chi connectivity index (χ2v) is 7.30. The number of nitrogens with one attached hydrogen (secondary N) is 1. The van der Waals surface area contributed by atoms with E-state index in [2.05, 4.69) is 11.4 Å². The minimum atomic E-state index is -0.280. The summed E-state index contributed by atoms with van der Waals surface area (Å²) >= 11 is 0. The maximum atomic E-state index is 12.6. The van der Waals surface area contributed by atoms with E-state index in [9.17, 15) is 9.59 Å². The van der Waals surface area contributed by atoms with Crippen molar-refractivity contribution in [2.75, 3.05) is 13.2 Å². The van der Waals surface area contributed by atoms with Crippen molar-refractivity contribution in [3.05, 3.63) is 63.1 Å². The van der Waals surface area contributed by atoms with E-state index in [4.69, 9.17) is 4.74 Å². The van der Waals surface area contributed by atoms with Gasteiger partial charge in [-0.1, -0.05) is 18.2 Å². The molecule has 2 aliphatic rings. The second-order valence-electron chi connectivity index (χ2n) is 7.30. The minimum Gasteiger partial charge on any atom is -0.493 e. The van der Waals surface area contributed by atoms with E-state index < -0.39 is 0 Å². The molecule has 1 amide bonds. The van der Waals surface area contributed by atoms with Crippen LogP contribution in [0.2, 0.25) is 0 Å². The molecule has 5 nitrogen and oxygen atoms in total. The third-order valence-corrected chi connectivity index (χ3v) is 5.49. The van der Waals surface area contributed by atoms with Crippen molar-refractivity contribution in [2.24, 2.45) is 13.0 Å². The standard InChI is InChI=1S/C21H24N2O3/c1-23-18-8-4-2-6-15(18)11-17(21(23)25)20(24)22-12-14-10-16-7-3-5-9-19(16)26-13-14/h3,5,7,9,11,14H,2,4,6,8,10,12-13H2,1H3,(H,22,24). The average Bonchev–Trinajstić information content (AvgIpc) is 2.68. The van der Waals surface area contributed by atoms with Crippen LogP contribution in [0.3, 0.4) is 0 Å². The second kappa shape index (κ2) is 6.98. The molecule has 1 aliphatic heterocycles. The molecule has 1 aromatic carbocycles. The van der Waals surface area contributed by atoms with E-state index in [0.717, 1.165) is 49.1 Å². The molecule has 4 rings (SSSR count). The van der Waals surface area contributed by atoms with Gasteiger partial charge in [-0.25, -0.2) is 0 Å². The molecular formula is C21H24N2O3. The lowest BCUT2D eigenvalue weighted by Crippen LogP contribution is -2.38. The SMILES string of the molecule is Cn1c2c(cc(C(=O)NCC3COc4ccccc4C3)c1=O)CCCC2. The van der Waals surface area contributed by atoms with Crippen LogP contribution in [0.25, 0.3) is 0 Å². The number of fused-ring (bicyclic) bond motifs is 2. The molecule has 0 spiro atoms. The predicted molar refractivity (Wildman–Crippen MR) is 99.8 cm³/mol. The quantitative estimate of drug-likeness (QED) is 0.922. The van der Waals surface area contributed by atoms with E-state index in [1.807, 2.05) is 18.2 Å². The molecule has 0 saturated heterocycles. The maximum Gasteiger partial charge on any atom is 0.263 e. The van der Waals surface area contributed by atoms with Crippen molar-refractivity contribution in [1.29, 1.82) is 0 Å². The highest BCUT2D eigenvalue weighted by atomic mass is 16.5. The summed E-state index contributed by atoms with van der Waals surface area (Å²) < 4.78 is 7.43. The average molecular weight is 352 g/mol. The molecule has 136 valence electrons. The Labute approximate surface area is 153 Å². The van der Waals surface area contributed by atoms with E-state index in [0.29, 0.717) is 13.2 Å². The first kappa shape index (κ1) is 16.9. The fraction of sp³-hybridized carbons (Fsp3) is 0.429. The third-order valence-electron chi connectivity index (χ3n) is 5.49. The molecule has 0 saturated carbocycles. The lowest BCUT2D eigenvalue weighted by Gasteiger charge is -2.25. The molecular weight excluding hydrogens is 328 g/mol. The van der Waals surface area contributed by atoms with Gasteiger partial charge in [0.15, 0.2) is 0 Å². The van der Waals surface area contributed by atoms with Crippen molar-refractivity contribution in [2.45, 2.75) is 32.1 Å². The number of amides is 1. The van der Waals surface area contributed by atoms with Crippen LogP contribution in [-0.2, 0) is 26.3 Å². The van der Waals surface area contributed by atoms with E-state index in [1.54, 1.807) is 17.7 Å². The molecule has 1 N–H and O–H groups in total. The highest BCUT2D eigenvalue weighted by Gasteiger charge is 2.23. The van der Waals surface area contributed by atoms with Crippen molar-refractivity contribution in [3.8, 4) is 5.75 Å². The first-order valence-electron chi connectivity index (χ1n) is 9.34. The molecule has 0 fully saturated rings. The Kier molecular flexibility index (Phi) is 4.53. The summed E-state index contributed by atoms with van der Waals surface area (Å²) in [6, 6.07) is 9.80. The van der Waals surface area contributed by atoms with Crippen LogP contribution in [0.4, 0.5) is 0 Å². The number of aryl methyl sites for hydroxylation is 1.